The Kier molecular flexibility index (Phi) is 5.17. The first-order chi connectivity index (χ1) is 12.6. The van der Waals surface area contributed by atoms with Crippen LogP contribution in [-0.4, -0.2) is 25.1 Å². The third-order valence-electron chi connectivity index (χ3n) is 4.00. The van der Waals surface area contributed by atoms with Crippen molar-refractivity contribution < 1.29 is 19.1 Å². The van der Waals surface area contributed by atoms with E-state index in [0.717, 1.165) is 10.8 Å². The predicted octanol–water partition coefficient (Wildman–Crippen LogP) is 4.03. The standard InChI is InChI=1S/C21H19NO4/c1-14(26-19-9-5-7-15-6-3-4-8-18(15)19)20(23)22-17-12-10-16(11-13-17)21(24)25-2/h3-14H,1-2H3,(H,22,23). The number of anilines is 1. The van der Waals surface area contributed by atoms with E-state index in [0.29, 0.717) is 17.0 Å². The molecule has 0 aliphatic heterocycles. The lowest BCUT2D eigenvalue weighted by Crippen LogP contribution is -2.30. The second-order valence-electron chi connectivity index (χ2n) is 5.80. The van der Waals surface area contributed by atoms with Crippen LogP contribution in [-0.2, 0) is 9.53 Å². The largest absolute Gasteiger partial charge is 0.480 e. The number of fused-ring (bicyclic) bond motifs is 1. The molecule has 0 saturated heterocycles. The average molecular weight is 349 g/mol. The molecule has 1 N–H and O–H groups in total. The smallest absolute Gasteiger partial charge is 0.337 e. The summed E-state index contributed by atoms with van der Waals surface area (Å²) in [4.78, 5) is 23.8. The van der Waals surface area contributed by atoms with Gasteiger partial charge in [0.25, 0.3) is 5.91 Å². The average Bonchev–Trinajstić information content (AvgIpc) is 2.68. The number of rotatable bonds is 5. The topological polar surface area (TPSA) is 64.6 Å². The highest BCUT2D eigenvalue weighted by molar-refractivity contribution is 5.96. The van der Waals surface area contributed by atoms with Gasteiger partial charge in [-0.05, 0) is 42.6 Å². The molecule has 3 rings (SSSR count). The monoisotopic (exact) mass is 349 g/mol. The summed E-state index contributed by atoms with van der Waals surface area (Å²) in [5.41, 5.74) is 1.00. The van der Waals surface area contributed by atoms with Crippen molar-refractivity contribution in [1.82, 2.24) is 0 Å². The Morgan fingerprint density at radius 2 is 1.62 bits per heavy atom. The van der Waals surface area contributed by atoms with Crippen molar-refractivity contribution >= 4 is 28.3 Å². The summed E-state index contributed by atoms with van der Waals surface area (Å²) >= 11 is 0. The molecule has 1 amide bonds. The van der Waals surface area contributed by atoms with E-state index in [1.54, 1.807) is 31.2 Å². The second kappa shape index (κ2) is 7.70. The summed E-state index contributed by atoms with van der Waals surface area (Å²) in [7, 11) is 1.32. The molecule has 3 aromatic rings. The molecular formula is C21H19NO4. The van der Waals surface area contributed by atoms with E-state index in [1.165, 1.54) is 7.11 Å². The van der Waals surface area contributed by atoms with Gasteiger partial charge >= 0.3 is 5.97 Å². The number of amides is 1. The number of hydrogen-bond donors (Lipinski definition) is 1. The van der Waals surface area contributed by atoms with Gasteiger partial charge in [-0.3, -0.25) is 4.79 Å². The Labute approximate surface area is 151 Å². The van der Waals surface area contributed by atoms with E-state index in [4.69, 9.17) is 4.74 Å². The van der Waals surface area contributed by atoms with Crippen molar-refractivity contribution in [3.05, 3.63) is 72.3 Å². The number of methoxy groups -OCH3 is 1. The Balaban J connectivity index is 1.69. The van der Waals surface area contributed by atoms with Gasteiger partial charge in [0.05, 0.1) is 12.7 Å². The summed E-state index contributed by atoms with van der Waals surface area (Å²) in [6, 6.07) is 20.1. The van der Waals surface area contributed by atoms with Crippen LogP contribution in [0.25, 0.3) is 10.8 Å². The van der Waals surface area contributed by atoms with Crippen LogP contribution in [0.3, 0.4) is 0 Å². The van der Waals surface area contributed by atoms with Crippen molar-refractivity contribution in [2.24, 2.45) is 0 Å². The van der Waals surface area contributed by atoms with Crippen LogP contribution in [0.4, 0.5) is 5.69 Å². The summed E-state index contributed by atoms with van der Waals surface area (Å²) < 4.78 is 10.5. The molecule has 0 radical (unpaired) electrons. The molecule has 0 aliphatic carbocycles. The van der Waals surface area contributed by atoms with Crippen molar-refractivity contribution in [1.29, 1.82) is 0 Å². The van der Waals surface area contributed by atoms with E-state index < -0.39 is 12.1 Å². The molecule has 0 aliphatic rings. The normalized spacial score (nSPS) is 11.6. The van der Waals surface area contributed by atoms with Crippen molar-refractivity contribution in [2.45, 2.75) is 13.0 Å². The fourth-order valence-electron chi connectivity index (χ4n) is 2.59. The number of carbonyl (C=O) groups excluding carboxylic acids is 2. The molecular weight excluding hydrogens is 330 g/mol. The third-order valence-corrected chi connectivity index (χ3v) is 4.00. The lowest BCUT2D eigenvalue weighted by molar-refractivity contribution is -0.122. The fraction of sp³-hybridized carbons (Fsp3) is 0.143. The zero-order chi connectivity index (χ0) is 18.5. The Morgan fingerprint density at radius 1 is 0.923 bits per heavy atom. The Bertz CT molecular complexity index is 929. The number of hydrogen-bond acceptors (Lipinski definition) is 4. The number of benzene rings is 3. The molecule has 0 aromatic heterocycles. The quantitative estimate of drug-likeness (QED) is 0.706. The van der Waals surface area contributed by atoms with Crippen LogP contribution in [0.2, 0.25) is 0 Å². The van der Waals surface area contributed by atoms with Gasteiger partial charge in [0.2, 0.25) is 0 Å². The highest BCUT2D eigenvalue weighted by atomic mass is 16.5. The number of carbonyl (C=O) groups is 2. The van der Waals surface area contributed by atoms with Gasteiger partial charge in [-0.25, -0.2) is 4.79 Å². The lowest BCUT2D eigenvalue weighted by atomic mass is 10.1. The molecule has 0 spiro atoms. The fourth-order valence-corrected chi connectivity index (χ4v) is 2.59. The molecule has 1 unspecified atom stereocenters. The van der Waals surface area contributed by atoms with Gasteiger partial charge in [-0.1, -0.05) is 36.4 Å². The summed E-state index contributed by atoms with van der Waals surface area (Å²) in [6.45, 7) is 1.69. The van der Waals surface area contributed by atoms with Crippen molar-refractivity contribution in [3.63, 3.8) is 0 Å². The molecule has 132 valence electrons. The van der Waals surface area contributed by atoms with Gasteiger partial charge < -0.3 is 14.8 Å². The molecule has 5 heteroatoms. The minimum Gasteiger partial charge on any atom is -0.480 e. The molecule has 0 saturated carbocycles. The zero-order valence-corrected chi connectivity index (χ0v) is 14.6. The molecule has 26 heavy (non-hydrogen) atoms. The first kappa shape index (κ1) is 17.5. The molecule has 0 heterocycles. The van der Waals surface area contributed by atoms with E-state index in [-0.39, 0.29) is 5.91 Å². The SMILES string of the molecule is COC(=O)c1ccc(NC(=O)C(C)Oc2cccc3ccccc23)cc1. The van der Waals surface area contributed by atoms with E-state index in [2.05, 4.69) is 10.1 Å². The van der Waals surface area contributed by atoms with Crippen LogP contribution in [0.1, 0.15) is 17.3 Å². The van der Waals surface area contributed by atoms with Crippen LogP contribution in [0, 0.1) is 0 Å². The number of ether oxygens (including phenoxy) is 2. The highest BCUT2D eigenvalue weighted by Crippen LogP contribution is 2.26. The number of esters is 1. The summed E-state index contributed by atoms with van der Waals surface area (Å²) in [5, 5.41) is 4.79. The van der Waals surface area contributed by atoms with Gasteiger partial charge in [0.1, 0.15) is 5.75 Å². The van der Waals surface area contributed by atoms with E-state index in [1.807, 2.05) is 42.5 Å². The van der Waals surface area contributed by atoms with Gasteiger partial charge in [-0.2, -0.15) is 0 Å². The minimum atomic E-state index is -0.680. The molecule has 3 aromatic carbocycles. The zero-order valence-electron chi connectivity index (χ0n) is 14.6. The van der Waals surface area contributed by atoms with Crippen LogP contribution < -0.4 is 10.1 Å². The molecule has 5 nitrogen and oxygen atoms in total. The van der Waals surface area contributed by atoms with Crippen LogP contribution >= 0.6 is 0 Å². The first-order valence-corrected chi connectivity index (χ1v) is 8.22. The second-order valence-corrected chi connectivity index (χ2v) is 5.80. The van der Waals surface area contributed by atoms with Crippen LogP contribution in [0.15, 0.2) is 66.7 Å². The summed E-state index contributed by atoms with van der Waals surface area (Å²) in [6.07, 6.45) is -0.680. The van der Waals surface area contributed by atoms with Gasteiger partial charge in [0, 0.05) is 11.1 Å². The van der Waals surface area contributed by atoms with E-state index in [9.17, 15) is 9.59 Å². The molecule has 0 fully saturated rings. The maximum Gasteiger partial charge on any atom is 0.337 e. The van der Waals surface area contributed by atoms with Gasteiger partial charge in [-0.15, -0.1) is 0 Å². The summed E-state index contributed by atoms with van der Waals surface area (Å²) in [5.74, 6) is -0.0360. The minimum absolute atomic E-state index is 0.274. The maximum atomic E-state index is 12.4. The first-order valence-electron chi connectivity index (χ1n) is 8.22. The third kappa shape index (κ3) is 3.83. The molecule has 1 atom stereocenters. The van der Waals surface area contributed by atoms with Crippen molar-refractivity contribution in [3.8, 4) is 5.75 Å². The lowest BCUT2D eigenvalue weighted by Gasteiger charge is -2.16. The highest BCUT2D eigenvalue weighted by Gasteiger charge is 2.16. The van der Waals surface area contributed by atoms with Gasteiger partial charge in [0.15, 0.2) is 6.10 Å². The maximum absolute atomic E-state index is 12.4. The van der Waals surface area contributed by atoms with Crippen molar-refractivity contribution in [2.75, 3.05) is 12.4 Å². The number of nitrogens with one attached hydrogen (secondary N) is 1. The molecule has 0 bridgehead atoms. The predicted molar refractivity (Wildman–Crippen MR) is 100 cm³/mol. The van der Waals surface area contributed by atoms with E-state index >= 15 is 0 Å². The Morgan fingerprint density at radius 3 is 2.35 bits per heavy atom. The van der Waals surface area contributed by atoms with Crippen LogP contribution in [0.5, 0.6) is 5.75 Å². The Hall–Kier alpha value is -3.34.